The molecule has 2 heterocycles. The number of halogens is 1. The molecule has 1 saturated heterocycles. The average Bonchev–Trinajstić information content (AvgIpc) is 3.27. The van der Waals surface area contributed by atoms with Crippen LogP contribution in [0.2, 0.25) is 0 Å². The van der Waals surface area contributed by atoms with Gasteiger partial charge in [-0.05, 0) is 50.2 Å². The number of hydrogen-bond donors (Lipinski definition) is 1. The number of nitrogens with zero attached hydrogens (tertiary/aromatic N) is 2. The standard InChI is InChI=1S/C23H26FN3O4S2/c1-3-26(4-2)20-9-8-16(33(29,30)27-10-12-31-13-11-27)14-19(20)25-23(28)22-15-17-18(24)6-5-7-21(17)32-22/h5-9,14-15H,3-4,10-13H2,1-2H3,(H,25,28). The quantitative estimate of drug-likeness (QED) is 0.537. The molecule has 0 radical (unpaired) electrons. The molecule has 1 aliphatic rings. The first-order chi connectivity index (χ1) is 15.8. The SMILES string of the molecule is CCN(CC)c1ccc(S(=O)(=O)N2CCOCC2)cc1NC(=O)c1cc2c(F)cccc2s1. The molecule has 1 aliphatic heterocycles. The number of fused-ring (bicyclic) bond motifs is 1. The van der Waals surface area contributed by atoms with Crippen LogP contribution in [0.25, 0.3) is 10.1 Å². The van der Waals surface area contributed by atoms with E-state index in [0.29, 0.717) is 47.0 Å². The van der Waals surface area contributed by atoms with Gasteiger partial charge in [0, 0.05) is 36.3 Å². The molecule has 2 aromatic carbocycles. The van der Waals surface area contributed by atoms with Crippen molar-refractivity contribution >= 4 is 48.7 Å². The Morgan fingerprint density at radius 3 is 2.55 bits per heavy atom. The zero-order chi connectivity index (χ0) is 23.6. The lowest BCUT2D eigenvalue weighted by Crippen LogP contribution is -2.40. The normalized spacial score (nSPS) is 15.0. The van der Waals surface area contributed by atoms with Crippen LogP contribution in [0.4, 0.5) is 15.8 Å². The number of carbonyl (C=O) groups excluding carboxylic acids is 1. The summed E-state index contributed by atoms with van der Waals surface area (Å²) in [6, 6.07) is 11.0. The second-order valence-electron chi connectivity index (χ2n) is 7.58. The highest BCUT2D eigenvalue weighted by Crippen LogP contribution is 2.33. The van der Waals surface area contributed by atoms with E-state index in [1.165, 1.54) is 33.8 Å². The minimum atomic E-state index is -3.73. The molecule has 0 unspecified atom stereocenters. The second kappa shape index (κ2) is 9.76. The smallest absolute Gasteiger partial charge is 0.265 e. The third-order valence-corrected chi connectivity index (χ3v) is 8.65. The second-order valence-corrected chi connectivity index (χ2v) is 10.6. The molecule has 1 aromatic heterocycles. The van der Waals surface area contributed by atoms with Crippen molar-refractivity contribution in [1.82, 2.24) is 4.31 Å². The number of ether oxygens (including phenoxy) is 1. The first-order valence-corrected chi connectivity index (χ1v) is 13.1. The summed E-state index contributed by atoms with van der Waals surface area (Å²) in [6.45, 7) is 6.62. The van der Waals surface area contributed by atoms with Crippen molar-refractivity contribution in [3.8, 4) is 0 Å². The zero-order valence-electron chi connectivity index (χ0n) is 18.5. The van der Waals surface area contributed by atoms with Crippen LogP contribution >= 0.6 is 11.3 Å². The van der Waals surface area contributed by atoms with Crippen molar-refractivity contribution in [3.05, 3.63) is 53.2 Å². The highest BCUT2D eigenvalue weighted by molar-refractivity contribution is 7.89. The number of thiophene rings is 1. The van der Waals surface area contributed by atoms with E-state index in [9.17, 15) is 17.6 Å². The molecule has 0 bridgehead atoms. The number of sulfonamides is 1. The lowest BCUT2D eigenvalue weighted by atomic mass is 10.2. The van der Waals surface area contributed by atoms with Crippen molar-refractivity contribution < 1.29 is 22.3 Å². The minimum Gasteiger partial charge on any atom is -0.379 e. The molecule has 0 saturated carbocycles. The summed E-state index contributed by atoms with van der Waals surface area (Å²) < 4.78 is 47.8. The Bertz CT molecular complexity index is 1270. The molecule has 33 heavy (non-hydrogen) atoms. The Balaban J connectivity index is 1.71. The van der Waals surface area contributed by atoms with Gasteiger partial charge in [-0.15, -0.1) is 11.3 Å². The summed E-state index contributed by atoms with van der Waals surface area (Å²) in [5.74, 6) is -0.796. The summed E-state index contributed by atoms with van der Waals surface area (Å²) >= 11 is 1.19. The number of rotatable bonds is 7. The van der Waals surface area contributed by atoms with E-state index in [-0.39, 0.29) is 23.8 Å². The first-order valence-electron chi connectivity index (χ1n) is 10.8. The van der Waals surface area contributed by atoms with E-state index < -0.39 is 15.9 Å². The maximum absolute atomic E-state index is 14.1. The number of nitrogens with one attached hydrogen (secondary N) is 1. The molecule has 1 amide bonds. The Labute approximate surface area is 196 Å². The van der Waals surface area contributed by atoms with Crippen molar-refractivity contribution in [3.63, 3.8) is 0 Å². The first kappa shape index (κ1) is 23.6. The van der Waals surface area contributed by atoms with Gasteiger partial charge in [-0.25, -0.2) is 12.8 Å². The highest BCUT2D eigenvalue weighted by Gasteiger charge is 2.28. The lowest BCUT2D eigenvalue weighted by Gasteiger charge is -2.28. The van der Waals surface area contributed by atoms with Crippen LogP contribution in [-0.4, -0.2) is 58.0 Å². The number of amides is 1. The molecule has 1 N–H and O–H groups in total. The van der Waals surface area contributed by atoms with Crippen LogP contribution in [0, 0.1) is 5.82 Å². The maximum atomic E-state index is 14.1. The fraction of sp³-hybridized carbons (Fsp3) is 0.348. The highest BCUT2D eigenvalue weighted by atomic mass is 32.2. The Hall–Kier alpha value is -2.53. The van der Waals surface area contributed by atoms with Crippen LogP contribution in [0.1, 0.15) is 23.5 Å². The van der Waals surface area contributed by atoms with Crippen LogP contribution in [0.15, 0.2) is 47.4 Å². The molecular formula is C23H26FN3O4S2. The van der Waals surface area contributed by atoms with Crippen LogP contribution in [0.5, 0.6) is 0 Å². The van der Waals surface area contributed by atoms with Crippen molar-refractivity contribution in [2.24, 2.45) is 0 Å². The molecule has 1 fully saturated rings. The van der Waals surface area contributed by atoms with Crippen molar-refractivity contribution in [1.29, 1.82) is 0 Å². The van der Waals surface area contributed by atoms with Gasteiger partial charge in [0.25, 0.3) is 5.91 Å². The summed E-state index contributed by atoms with van der Waals surface area (Å²) in [5.41, 5.74) is 1.12. The molecule has 3 aromatic rings. The minimum absolute atomic E-state index is 0.109. The lowest BCUT2D eigenvalue weighted by molar-refractivity contribution is 0.0730. The van der Waals surface area contributed by atoms with E-state index >= 15 is 0 Å². The monoisotopic (exact) mass is 491 g/mol. The van der Waals surface area contributed by atoms with Gasteiger partial charge in [0.1, 0.15) is 5.82 Å². The van der Waals surface area contributed by atoms with Crippen LogP contribution in [0.3, 0.4) is 0 Å². The number of carbonyl (C=O) groups is 1. The molecule has 7 nitrogen and oxygen atoms in total. The molecule has 0 spiro atoms. The van der Waals surface area contributed by atoms with Gasteiger partial charge in [-0.3, -0.25) is 4.79 Å². The van der Waals surface area contributed by atoms with E-state index in [2.05, 4.69) is 5.32 Å². The number of hydrogen-bond acceptors (Lipinski definition) is 6. The largest absolute Gasteiger partial charge is 0.379 e. The molecular weight excluding hydrogens is 465 g/mol. The Morgan fingerprint density at radius 1 is 1.15 bits per heavy atom. The van der Waals surface area contributed by atoms with Gasteiger partial charge in [0.2, 0.25) is 10.0 Å². The predicted molar refractivity (Wildman–Crippen MR) is 129 cm³/mol. The fourth-order valence-electron chi connectivity index (χ4n) is 3.87. The van der Waals surface area contributed by atoms with E-state index in [4.69, 9.17) is 4.74 Å². The molecule has 176 valence electrons. The summed E-state index contributed by atoms with van der Waals surface area (Å²) in [5, 5.41) is 3.26. The number of morpholine rings is 1. The van der Waals surface area contributed by atoms with Crippen LogP contribution < -0.4 is 10.2 Å². The number of benzene rings is 2. The molecule has 0 aliphatic carbocycles. The third-order valence-electron chi connectivity index (χ3n) is 5.66. The summed E-state index contributed by atoms with van der Waals surface area (Å²) in [6.07, 6.45) is 0. The Morgan fingerprint density at radius 2 is 1.88 bits per heavy atom. The van der Waals surface area contributed by atoms with Gasteiger partial charge < -0.3 is 15.0 Å². The van der Waals surface area contributed by atoms with Crippen LogP contribution in [-0.2, 0) is 14.8 Å². The van der Waals surface area contributed by atoms with Crippen molar-refractivity contribution in [2.45, 2.75) is 18.7 Å². The zero-order valence-corrected chi connectivity index (χ0v) is 20.1. The molecule has 10 heteroatoms. The molecule has 4 rings (SSSR count). The van der Waals surface area contributed by atoms with Crippen molar-refractivity contribution in [2.75, 3.05) is 49.6 Å². The molecule has 0 atom stereocenters. The average molecular weight is 492 g/mol. The van der Waals surface area contributed by atoms with E-state index in [1.807, 2.05) is 18.7 Å². The van der Waals surface area contributed by atoms with Gasteiger partial charge in [-0.1, -0.05) is 6.07 Å². The van der Waals surface area contributed by atoms with Gasteiger partial charge in [0.05, 0.1) is 34.4 Å². The maximum Gasteiger partial charge on any atom is 0.265 e. The summed E-state index contributed by atoms with van der Waals surface area (Å²) in [4.78, 5) is 15.6. The van der Waals surface area contributed by atoms with Gasteiger partial charge in [0.15, 0.2) is 0 Å². The van der Waals surface area contributed by atoms with E-state index in [1.54, 1.807) is 24.3 Å². The predicted octanol–water partition coefficient (Wildman–Crippen LogP) is 4.16. The fourth-order valence-corrected chi connectivity index (χ4v) is 6.28. The number of anilines is 2. The van der Waals surface area contributed by atoms with Gasteiger partial charge in [-0.2, -0.15) is 4.31 Å². The van der Waals surface area contributed by atoms with E-state index in [0.717, 1.165) is 5.69 Å². The third kappa shape index (κ3) is 4.74. The summed E-state index contributed by atoms with van der Waals surface area (Å²) in [7, 11) is -3.73. The Kier molecular flexibility index (Phi) is 6.99. The topological polar surface area (TPSA) is 79.0 Å². The van der Waals surface area contributed by atoms with Gasteiger partial charge >= 0.3 is 0 Å².